The average Bonchev–Trinajstić information content (AvgIpc) is 2.43. The van der Waals surface area contributed by atoms with Crippen molar-refractivity contribution in [1.29, 1.82) is 0 Å². The van der Waals surface area contributed by atoms with Gasteiger partial charge in [0.1, 0.15) is 0 Å². The minimum absolute atomic E-state index is 1.07. The van der Waals surface area contributed by atoms with E-state index in [1.807, 2.05) is 11.4 Å². The van der Waals surface area contributed by atoms with Gasteiger partial charge in [-0.25, -0.2) is 4.52 Å². The second-order valence-corrected chi connectivity index (χ2v) is 4.02. The van der Waals surface area contributed by atoms with Crippen LogP contribution < -0.4 is 0 Å². The molecule has 2 aromatic rings. The van der Waals surface area contributed by atoms with E-state index in [0.29, 0.717) is 0 Å². The molecule has 0 radical (unpaired) electrons. The van der Waals surface area contributed by atoms with Crippen molar-refractivity contribution < 1.29 is 0 Å². The molecule has 0 spiro atoms. The number of fused-ring (bicyclic) bond motifs is 1. The van der Waals surface area contributed by atoms with Crippen molar-refractivity contribution in [3.63, 3.8) is 0 Å². The monoisotopic (exact) mass is 192 g/mol. The predicted molar refractivity (Wildman–Crippen MR) is 56.4 cm³/mol. The highest BCUT2D eigenvalue weighted by Crippen LogP contribution is 2.19. The van der Waals surface area contributed by atoms with Crippen molar-refractivity contribution in [3.05, 3.63) is 29.5 Å². The van der Waals surface area contributed by atoms with E-state index in [2.05, 4.69) is 36.5 Å². The summed E-state index contributed by atoms with van der Waals surface area (Å²) in [5.41, 5.74) is 3.54. The first-order valence-corrected chi connectivity index (χ1v) is 5.44. The maximum absolute atomic E-state index is 4.42. The second-order valence-electron chi connectivity index (χ2n) is 3.20. The molecule has 3 heteroatoms. The molecule has 2 heterocycles. The lowest BCUT2D eigenvalue weighted by Gasteiger charge is -2.02. The summed E-state index contributed by atoms with van der Waals surface area (Å²) in [4.78, 5) is 0. The first kappa shape index (κ1) is 8.63. The normalized spacial score (nSPS) is 11.0. The van der Waals surface area contributed by atoms with Crippen LogP contribution in [0.1, 0.15) is 11.3 Å². The van der Waals surface area contributed by atoms with Gasteiger partial charge in [0, 0.05) is 0 Å². The first-order chi connectivity index (χ1) is 6.20. The van der Waals surface area contributed by atoms with Gasteiger partial charge in [-0.15, -0.1) is 11.8 Å². The molecule has 0 aliphatic rings. The van der Waals surface area contributed by atoms with Crippen LogP contribution in [0.5, 0.6) is 0 Å². The molecule has 68 valence electrons. The van der Waals surface area contributed by atoms with Gasteiger partial charge in [0.2, 0.25) is 0 Å². The van der Waals surface area contributed by atoms with Crippen LogP contribution in [0.15, 0.2) is 23.2 Å². The molecule has 0 aromatic carbocycles. The lowest BCUT2D eigenvalue weighted by Crippen LogP contribution is -1.92. The second kappa shape index (κ2) is 3.07. The number of hydrogen-bond acceptors (Lipinski definition) is 2. The standard InChI is InChI=1S/C10H12N2S/c1-7-4-9-6-8(2)11-12(9)10(5-7)13-3/h4-6H,1-3H3. The minimum atomic E-state index is 1.07. The molecule has 0 atom stereocenters. The van der Waals surface area contributed by atoms with E-state index in [1.54, 1.807) is 11.8 Å². The van der Waals surface area contributed by atoms with Crippen LogP contribution in [0.2, 0.25) is 0 Å². The lowest BCUT2D eigenvalue weighted by molar-refractivity contribution is 0.843. The SMILES string of the molecule is CSc1cc(C)cc2cc(C)nn12. The Morgan fingerprint density at radius 2 is 2.00 bits per heavy atom. The van der Waals surface area contributed by atoms with Crippen molar-refractivity contribution in [2.75, 3.05) is 6.26 Å². The van der Waals surface area contributed by atoms with Crippen LogP contribution in [0, 0.1) is 13.8 Å². The molecule has 2 nitrogen and oxygen atoms in total. The zero-order valence-electron chi connectivity index (χ0n) is 8.03. The Kier molecular flexibility index (Phi) is 2.04. The summed E-state index contributed by atoms with van der Waals surface area (Å²) in [6.07, 6.45) is 2.07. The largest absolute Gasteiger partial charge is 0.227 e. The van der Waals surface area contributed by atoms with Crippen molar-refractivity contribution >= 4 is 17.3 Å². The fraction of sp³-hybridized carbons (Fsp3) is 0.300. The Balaban J connectivity index is 2.80. The van der Waals surface area contributed by atoms with Crippen LogP contribution in [0.25, 0.3) is 5.52 Å². The van der Waals surface area contributed by atoms with Gasteiger partial charge >= 0.3 is 0 Å². The third kappa shape index (κ3) is 1.44. The Morgan fingerprint density at radius 3 is 2.69 bits per heavy atom. The predicted octanol–water partition coefficient (Wildman–Crippen LogP) is 2.67. The number of aromatic nitrogens is 2. The highest BCUT2D eigenvalue weighted by molar-refractivity contribution is 7.98. The topological polar surface area (TPSA) is 17.3 Å². The molecule has 0 aliphatic heterocycles. The molecular formula is C10H12N2S. The highest BCUT2D eigenvalue weighted by atomic mass is 32.2. The van der Waals surface area contributed by atoms with Crippen molar-refractivity contribution in [2.45, 2.75) is 18.9 Å². The Labute approximate surface area is 82.0 Å². The summed E-state index contributed by atoms with van der Waals surface area (Å²) < 4.78 is 1.99. The van der Waals surface area contributed by atoms with E-state index in [1.165, 1.54) is 16.1 Å². The van der Waals surface area contributed by atoms with Crippen molar-refractivity contribution in [1.82, 2.24) is 9.61 Å². The molecule has 0 saturated heterocycles. The first-order valence-electron chi connectivity index (χ1n) is 4.22. The van der Waals surface area contributed by atoms with Crippen LogP contribution in [0.3, 0.4) is 0 Å². The van der Waals surface area contributed by atoms with Gasteiger partial charge < -0.3 is 0 Å². The number of nitrogens with zero attached hydrogens (tertiary/aromatic N) is 2. The van der Waals surface area contributed by atoms with Crippen molar-refractivity contribution in [3.8, 4) is 0 Å². The van der Waals surface area contributed by atoms with Crippen LogP contribution >= 0.6 is 11.8 Å². The highest BCUT2D eigenvalue weighted by Gasteiger charge is 2.02. The molecular weight excluding hydrogens is 180 g/mol. The van der Waals surface area contributed by atoms with E-state index in [4.69, 9.17) is 0 Å². The minimum Gasteiger partial charge on any atom is -0.227 e. The smallest absolute Gasteiger partial charge is 0.0982 e. The third-order valence-electron chi connectivity index (χ3n) is 2.00. The van der Waals surface area contributed by atoms with E-state index in [-0.39, 0.29) is 0 Å². The molecule has 0 amide bonds. The van der Waals surface area contributed by atoms with Crippen molar-refractivity contribution in [2.24, 2.45) is 0 Å². The van der Waals surface area contributed by atoms with Gasteiger partial charge in [-0.1, -0.05) is 0 Å². The molecule has 2 aromatic heterocycles. The average molecular weight is 192 g/mol. The molecule has 0 N–H and O–H groups in total. The number of aryl methyl sites for hydroxylation is 2. The Bertz CT molecular complexity index is 445. The van der Waals surface area contributed by atoms with Gasteiger partial charge in [-0.05, 0) is 43.9 Å². The zero-order valence-corrected chi connectivity index (χ0v) is 8.85. The van der Waals surface area contributed by atoms with Gasteiger partial charge in [0.25, 0.3) is 0 Å². The zero-order chi connectivity index (χ0) is 9.42. The van der Waals surface area contributed by atoms with Gasteiger partial charge in [0.05, 0.1) is 16.2 Å². The fourth-order valence-corrected chi connectivity index (χ4v) is 2.10. The number of hydrogen-bond donors (Lipinski definition) is 0. The maximum atomic E-state index is 4.42. The summed E-state index contributed by atoms with van der Waals surface area (Å²) in [6.45, 7) is 4.13. The summed E-state index contributed by atoms with van der Waals surface area (Å²) in [6, 6.07) is 6.41. The van der Waals surface area contributed by atoms with E-state index in [0.717, 1.165) is 5.69 Å². The van der Waals surface area contributed by atoms with Crippen LogP contribution in [-0.2, 0) is 0 Å². The molecule has 0 unspecified atom stereocenters. The lowest BCUT2D eigenvalue weighted by atomic mass is 10.3. The Morgan fingerprint density at radius 1 is 1.23 bits per heavy atom. The maximum Gasteiger partial charge on any atom is 0.0982 e. The van der Waals surface area contributed by atoms with E-state index in [9.17, 15) is 0 Å². The number of thioether (sulfide) groups is 1. The van der Waals surface area contributed by atoms with Gasteiger partial charge in [0.15, 0.2) is 0 Å². The summed E-state index contributed by atoms with van der Waals surface area (Å²) >= 11 is 1.73. The fourth-order valence-electron chi connectivity index (χ4n) is 1.48. The summed E-state index contributed by atoms with van der Waals surface area (Å²) in [5.74, 6) is 0. The molecule has 0 saturated carbocycles. The molecule has 0 fully saturated rings. The third-order valence-corrected chi connectivity index (χ3v) is 2.71. The molecule has 0 aliphatic carbocycles. The van der Waals surface area contributed by atoms with Crippen LogP contribution in [-0.4, -0.2) is 15.9 Å². The molecule has 13 heavy (non-hydrogen) atoms. The quantitative estimate of drug-likeness (QED) is 0.646. The van der Waals surface area contributed by atoms with Gasteiger partial charge in [-0.3, -0.25) is 0 Å². The Hall–Kier alpha value is -0.960. The van der Waals surface area contributed by atoms with Gasteiger partial charge in [-0.2, -0.15) is 5.10 Å². The molecule has 0 bridgehead atoms. The molecule has 2 rings (SSSR count). The number of pyridine rings is 1. The van der Waals surface area contributed by atoms with E-state index < -0.39 is 0 Å². The summed E-state index contributed by atoms with van der Waals surface area (Å²) in [5, 5.41) is 5.62. The number of rotatable bonds is 1. The summed E-state index contributed by atoms with van der Waals surface area (Å²) in [7, 11) is 0. The van der Waals surface area contributed by atoms with E-state index >= 15 is 0 Å². The van der Waals surface area contributed by atoms with Crippen LogP contribution in [0.4, 0.5) is 0 Å².